The number of carbonyl (C=O) groups excluding carboxylic acids is 2. The van der Waals surface area contributed by atoms with Gasteiger partial charge in [0.2, 0.25) is 6.41 Å². The van der Waals surface area contributed by atoms with Crippen LogP contribution in [-0.4, -0.2) is 27.2 Å². The van der Waals surface area contributed by atoms with Crippen molar-refractivity contribution >= 4 is 46.5 Å². The minimum Gasteiger partial charge on any atom is -0.306 e. The van der Waals surface area contributed by atoms with E-state index in [4.69, 9.17) is 11.6 Å². The molecule has 0 bridgehead atoms. The molecule has 2 heterocycles. The lowest BCUT2D eigenvalue weighted by molar-refractivity contribution is -0.137. The summed E-state index contributed by atoms with van der Waals surface area (Å²) in [5.41, 5.74) is -0.428. The van der Waals surface area contributed by atoms with Crippen LogP contribution < -0.4 is 10.2 Å². The molecule has 0 spiro atoms. The molecule has 3 amide bonds. The smallest absolute Gasteiger partial charge is 0.306 e. The second-order valence-corrected chi connectivity index (χ2v) is 6.31. The van der Waals surface area contributed by atoms with Crippen LogP contribution in [0.15, 0.2) is 30.5 Å². The normalized spacial score (nSPS) is 11.5. The summed E-state index contributed by atoms with van der Waals surface area (Å²) >= 11 is 5.63. The third-order valence-corrected chi connectivity index (χ3v) is 4.20. The highest BCUT2D eigenvalue weighted by molar-refractivity contribution is 6.30. The Morgan fingerprint density at radius 2 is 2.04 bits per heavy atom. The molecule has 146 valence electrons. The number of nitrogens with one attached hydrogen (secondary N) is 1. The Morgan fingerprint density at radius 3 is 2.68 bits per heavy atom. The molecule has 28 heavy (non-hydrogen) atoms. The summed E-state index contributed by atoms with van der Waals surface area (Å²) in [5.74, 6) is 0. The molecule has 0 aliphatic rings. The molecule has 0 radical (unpaired) electrons. The monoisotopic (exact) mass is 411 g/mol. The molecule has 0 unspecified atom stereocenters. The zero-order chi connectivity index (χ0) is 20.6. The van der Waals surface area contributed by atoms with E-state index in [1.165, 1.54) is 6.20 Å². The van der Waals surface area contributed by atoms with Gasteiger partial charge in [-0.25, -0.2) is 14.7 Å². The number of rotatable bonds is 3. The van der Waals surface area contributed by atoms with E-state index >= 15 is 0 Å². The van der Waals surface area contributed by atoms with Crippen molar-refractivity contribution in [1.29, 1.82) is 0 Å². The fourth-order valence-electron chi connectivity index (χ4n) is 2.72. The number of amides is 3. The number of halogens is 4. The van der Waals surface area contributed by atoms with Crippen molar-refractivity contribution in [1.82, 2.24) is 14.8 Å². The molecule has 3 rings (SSSR count). The van der Waals surface area contributed by atoms with E-state index in [0.717, 1.165) is 12.1 Å². The summed E-state index contributed by atoms with van der Waals surface area (Å²) < 4.78 is 41.4. The van der Waals surface area contributed by atoms with Gasteiger partial charge in [0.15, 0.2) is 5.65 Å². The molecule has 0 aliphatic heterocycles. The van der Waals surface area contributed by atoms with Crippen LogP contribution in [0.3, 0.4) is 0 Å². The average molecular weight is 412 g/mol. The summed E-state index contributed by atoms with van der Waals surface area (Å²) in [5, 5.41) is 7.04. The van der Waals surface area contributed by atoms with E-state index in [1.54, 1.807) is 24.7 Å². The number of imide groups is 1. The Morgan fingerprint density at radius 1 is 1.32 bits per heavy atom. The minimum atomic E-state index is -4.81. The highest BCUT2D eigenvalue weighted by Crippen LogP contribution is 2.38. The van der Waals surface area contributed by atoms with Gasteiger partial charge in [-0.05, 0) is 31.2 Å². The second-order valence-electron chi connectivity index (χ2n) is 5.87. The first-order chi connectivity index (χ1) is 13.1. The van der Waals surface area contributed by atoms with Crippen LogP contribution in [0.4, 0.5) is 29.3 Å². The van der Waals surface area contributed by atoms with E-state index in [9.17, 15) is 22.8 Å². The molecule has 2 aromatic heterocycles. The number of pyridine rings is 1. The number of alkyl halides is 3. The molecular weight excluding hydrogens is 399 g/mol. The fourth-order valence-corrected chi connectivity index (χ4v) is 2.89. The van der Waals surface area contributed by atoms with Crippen LogP contribution in [0.2, 0.25) is 5.02 Å². The maximum atomic E-state index is 13.3. The molecule has 0 fully saturated rings. The lowest BCUT2D eigenvalue weighted by atomic mass is 10.1. The van der Waals surface area contributed by atoms with Gasteiger partial charge in [0.05, 0.1) is 28.8 Å². The number of hydrogen-bond donors (Lipinski definition) is 1. The van der Waals surface area contributed by atoms with Crippen LogP contribution >= 0.6 is 11.6 Å². The highest BCUT2D eigenvalue weighted by atomic mass is 35.5. The van der Waals surface area contributed by atoms with Gasteiger partial charge in [0.25, 0.3) is 0 Å². The maximum absolute atomic E-state index is 13.3. The third kappa shape index (κ3) is 3.63. The lowest BCUT2D eigenvalue weighted by Gasteiger charge is -2.21. The van der Waals surface area contributed by atoms with Crippen LogP contribution in [0.5, 0.6) is 0 Å². The van der Waals surface area contributed by atoms with Gasteiger partial charge in [0.1, 0.15) is 0 Å². The average Bonchev–Trinajstić information content (AvgIpc) is 2.89. The van der Waals surface area contributed by atoms with Crippen molar-refractivity contribution in [3.8, 4) is 0 Å². The van der Waals surface area contributed by atoms with Gasteiger partial charge < -0.3 is 5.32 Å². The third-order valence-electron chi connectivity index (χ3n) is 3.96. The molecule has 3 aromatic rings. The SMILES string of the molecule is Cc1nn(C)c2ncc(NC(=O)N(C=O)c3ccc(Cl)cc3C(F)(F)F)cc12. The Balaban J connectivity index is 1.95. The van der Waals surface area contributed by atoms with Crippen molar-refractivity contribution in [3.63, 3.8) is 0 Å². The Kier molecular flexibility index (Phi) is 4.99. The van der Waals surface area contributed by atoms with Crippen molar-refractivity contribution in [2.45, 2.75) is 13.1 Å². The molecular formula is C17H13ClF3N5O2. The van der Waals surface area contributed by atoms with Gasteiger partial charge in [-0.1, -0.05) is 11.6 Å². The topological polar surface area (TPSA) is 80.1 Å². The predicted octanol–water partition coefficient (Wildman–Crippen LogP) is 4.14. The zero-order valence-electron chi connectivity index (χ0n) is 14.6. The summed E-state index contributed by atoms with van der Waals surface area (Å²) in [6.45, 7) is 1.75. The zero-order valence-corrected chi connectivity index (χ0v) is 15.3. The van der Waals surface area contributed by atoms with Crippen molar-refractivity contribution in [3.05, 3.63) is 46.7 Å². The number of anilines is 2. The van der Waals surface area contributed by atoms with Crippen LogP contribution in [0, 0.1) is 6.92 Å². The van der Waals surface area contributed by atoms with E-state index in [-0.39, 0.29) is 17.1 Å². The van der Waals surface area contributed by atoms with Gasteiger partial charge in [-0.15, -0.1) is 0 Å². The van der Waals surface area contributed by atoms with E-state index in [2.05, 4.69) is 15.4 Å². The first kappa shape index (κ1) is 19.6. The number of nitrogens with zero attached hydrogens (tertiary/aromatic N) is 4. The maximum Gasteiger partial charge on any atom is 0.418 e. The lowest BCUT2D eigenvalue weighted by Crippen LogP contribution is -2.35. The van der Waals surface area contributed by atoms with Gasteiger partial charge in [0, 0.05) is 17.5 Å². The minimum absolute atomic E-state index is 0.00487. The molecule has 1 N–H and O–H groups in total. The van der Waals surface area contributed by atoms with E-state index < -0.39 is 23.5 Å². The molecule has 11 heteroatoms. The molecule has 0 saturated heterocycles. The van der Waals surface area contributed by atoms with Crippen molar-refractivity contribution < 1.29 is 22.8 Å². The van der Waals surface area contributed by atoms with E-state index in [1.807, 2.05) is 0 Å². The molecule has 0 aliphatic carbocycles. The first-order valence-electron chi connectivity index (χ1n) is 7.83. The summed E-state index contributed by atoms with van der Waals surface area (Å²) in [7, 11) is 1.70. The fraction of sp³-hybridized carbons (Fsp3) is 0.176. The summed E-state index contributed by atoms with van der Waals surface area (Å²) in [6.07, 6.45) is -3.50. The number of aromatic nitrogens is 3. The van der Waals surface area contributed by atoms with Crippen molar-refractivity contribution in [2.24, 2.45) is 7.05 Å². The van der Waals surface area contributed by atoms with Crippen LogP contribution in [0.25, 0.3) is 11.0 Å². The Bertz CT molecular complexity index is 1080. The van der Waals surface area contributed by atoms with Gasteiger partial charge >= 0.3 is 12.2 Å². The van der Waals surface area contributed by atoms with Crippen LogP contribution in [0.1, 0.15) is 11.3 Å². The highest BCUT2D eigenvalue weighted by Gasteiger charge is 2.36. The van der Waals surface area contributed by atoms with E-state index in [0.29, 0.717) is 27.7 Å². The quantitative estimate of drug-likeness (QED) is 0.657. The first-order valence-corrected chi connectivity index (χ1v) is 8.21. The molecule has 0 atom stereocenters. The number of hydrogen-bond acceptors (Lipinski definition) is 4. The standard InChI is InChI=1S/C17H13ClF3N5O2/c1-9-12-6-11(7-22-15(12)25(2)24-9)23-16(28)26(8-27)14-4-3-10(18)5-13(14)17(19,20)21/h3-8H,1-2H3,(H,23,28). The molecule has 1 aromatic carbocycles. The van der Waals surface area contributed by atoms with Gasteiger partial charge in [-0.2, -0.15) is 18.3 Å². The number of urea groups is 1. The Hall–Kier alpha value is -3.14. The number of fused-ring (bicyclic) bond motifs is 1. The largest absolute Gasteiger partial charge is 0.418 e. The Labute approximate surface area is 161 Å². The predicted molar refractivity (Wildman–Crippen MR) is 97.3 cm³/mol. The summed E-state index contributed by atoms with van der Waals surface area (Å²) in [4.78, 5) is 28.4. The number of aryl methyl sites for hydroxylation is 2. The second kappa shape index (κ2) is 7.12. The number of benzene rings is 1. The van der Waals surface area contributed by atoms with Crippen molar-refractivity contribution in [2.75, 3.05) is 10.2 Å². The molecule has 7 nitrogen and oxygen atoms in total. The molecule has 0 saturated carbocycles. The van der Waals surface area contributed by atoms with Gasteiger partial charge in [-0.3, -0.25) is 9.48 Å². The number of carbonyl (C=O) groups is 2. The van der Waals surface area contributed by atoms with Crippen LogP contribution in [-0.2, 0) is 18.0 Å². The summed E-state index contributed by atoms with van der Waals surface area (Å²) in [6, 6.07) is 3.24.